The summed E-state index contributed by atoms with van der Waals surface area (Å²) in [6.07, 6.45) is 4.36. The van der Waals surface area contributed by atoms with Crippen molar-refractivity contribution in [2.75, 3.05) is 5.32 Å². The highest BCUT2D eigenvalue weighted by Gasteiger charge is 2.23. The molecule has 2 N–H and O–H groups in total. The maximum atomic E-state index is 12.6. The minimum Gasteiger partial charge on any atom is -0.478 e. The minimum absolute atomic E-state index is 0.0863. The molecular weight excluding hydrogens is 338 g/mol. The van der Waals surface area contributed by atoms with Gasteiger partial charge in [0.1, 0.15) is 0 Å². The molecule has 27 heavy (non-hydrogen) atoms. The van der Waals surface area contributed by atoms with Crippen LogP contribution >= 0.6 is 0 Å². The van der Waals surface area contributed by atoms with Crippen LogP contribution in [0.4, 0.5) is 5.69 Å². The van der Waals surface area contributed by atoms with Gasteiger partial charge in [0.05, 0.1) is 5.56 Å². The zero-order valence-electron chi connectivity index (χ0n) is 16.6. The van der Waals surface area contributed by atoms with Crippen molar-refractivity contribution in [3.8, 4) is 0 Å². The highest BCUT2D eigenvalue weighted by molar-refractivity contribution is 6.04. The van der Waals surface area contributed by atoms with Crippen LogP contribution in [0.2, 0.25) is 0 Å². The van der Waals surface area contributed by atoms with Gasteiger partial charge in [0.2, 0.25) is 0 Å². The molecule has 0 aromatic heterocycles. The first kappa shape index (κ1) is 20.7. The summed E-state index contributed by atoms with van der Waals surface area (Å²) < 4.78 is 0. The number of carboxylic acid groups (broad SMARTS) is 1. The van der Waals surface area contributed by atoms with Crippen molar-refractivity contribution in [3.63, 3.8) is 0 Å². The maximum Gasteiger partial charge on any atom is 0.335 e. The first-order valence-corrected chi connectivity index (χ1v) is 9.56. The van der Waals surface area contributed by atoms with Gasteiger partial charge < -0.3 is 10.4 Å². The second-order valence-electron chi connectivity index (χ2n) is 7.55. The van der Waals surface area contributed by atoms with E-state index in [1.54, 1.807) is 12.1 Å². The zero-order valence-corrected chi connectivity index (χ0v) is 16.6. The molecule has 0 heterocycles. The summed E-state index contributed by atoms with van der Waals surface area (Å²) >= 11 is 0. The van der Waals surface area contributed by atoms with Crippen molar-refractivity contribution in [2.45, 2.75) is 58.8 Å². The monoisotopic (exact) mass is 367 g/mol. The molecule has 0 unspecified atom stereocenters. The first-order valence-electron chi connectivity index (χ1n) is 9.56. The second kappa shape index (κ2) is 8.85. The molecule has 0 saturated carbocycles. The molecule has 0 fully saturated rings. The summed E-state index contributed by atoms with van der Waals surface area (Å²) in [5.41, 5.74) is 3.98. The molecule has 2 rings (SSSR count). The highest BCUT2D eigenvalue weighted by Crippen LogP contribution is 2.32. The molecule has 0 spiro atoms. The third-order valence-corrected chi connectivity index (χ3v) is 5.02. The Bertz CT molecular complexity index is 807. The number of aromatic carboxylic acids is 1. The van der Waals surface area contributed by atoms with E-state index in [1.807, 2.05) is 12.1 Å². The maximum absolute atomic E-state index is 12.6. The first-order chi connectivity index (χ1) is 12.8. The minimum atomic E-state index is -0.984. The number of hydrogen-bond acceptors (Lipinski definition) is 2. The summed E-state index contributed by atoms with van der Waals surface area (Å²) in [5.74, 6) is -1.17. The predicted octanol–water partition coefficient (Wildman–Crippen LogP) is 5.67. The van der Waals surface area contributed by atoms with Crippen molar-refractivity contribution in [2.24, 2.45) is 0 Å². The van der Waals surface area contributed by atoms with E-state index in [4.69, 9.17) is 5.11 Å². The van der Waals surface area contributed by atoms with E-state index in [0.29, 0.717) is 11.3 Å². The third kappa shape index (κ3) is 5.19. The van der Waals surface area contributed by atoms with Gasteiger partial charge in [-0.3, -0.25) is 4.79 Å². The van der Waals surface area contributed by atoms with E-state index in [-0.39, 0.29) is 16.9 Å². The molecule has 2 aromatic carbocycles. The summed E-state index contributed by atoms with van der Waals surface area (Å²) in [7, 11) is 0. The van der Waals surface area contributed by atoms with Crippen LogP contribution in [0, 0.1) is 0 Å². The van der Waals surface area contributed by atoms with Crippen molar-refractivity contribution in [3.05, 3.63) is 64.7 Å². The molecule has 0 saturated heterocycles. The van der Waals surface area contributed by atoms with Crippen molar-refractivity contribution in [1.82, 2.24) is 0 Å². The Morgan fingerprint density at radius 3 is 2.19 bits per heavy atom. The van der Waals surface area contributed by atoms with Crippen LogP contribution in [0.15, 0.2) is 42.5 Å². The standard InChI is InChI=1S/C23H29NO3/c1-5-7-14-23(3,4)20-13-10-18(15-16(20)6-2)21(25)24-19-11-8-17(9-12-19)22(26)27/h8-13,15H,5-7,14H2,1-4H3,(H,24,25)(H,26,27). The number of benzene rings is 2. The normalized spacial score (nSPS) is 11.3. The number of carbonyl (C=O) groups is 2. The lowest BCUT2D eigenvalue weighted by Gasteiger charge is -2.28. The van der Waals surface area contributed by atoms with Crippen LogP contribution in [0.25, 0.3) is 0 Å². The summed E-state index contributed by atoms with van der Waals surface area (Å²) in [6.45, 7) is 8.84. The lowest BCUT2D eigenvalue weighted by molar-refractivity contribution is 0.0696. The molecule has 2 aromatic rings. The van der Waals surface area contributed by atoms with Crippen LogP contribution in [0.1, 0.15) is 78.8 Å². The van der Waals surface area contributed by atoms with Crippen LogP contribution in [0.3, 0.4) is 0 Å². The third-order valence-electron chi connectivity index (χ3n) is 5.02. The number of unbranched alkanes of at least 4 members (excludes halogenated alkanes) is 1. The Labute approximate surface area is 161 Å². The van der Waals surface area contributed by atoms with Gasteiger partial charge in [-0.25, -0.2) is 4.79 Å². The van der Waals surface area contributed by atoms with E-state index < -0.39 is 5.97 Å². The molecule has 0 aliphatic heterocycles. The van der Waals surface area contributed by atoms with Gasteiger partial charge in [0.15, 0.2) is 0 Å². The van der Waals surface area contributed by atoms with E-state index in [1.165, 1.54) is 36.1 Å². The average molecular weight is 367 g/mol. The Morgan fingerprint density at radius 2 is 1.63 bits per heavy atom. The lowest BCUT2D eigenvalue weighted by atomic mass is 9.77. The number of rotatable bonds is 8. The van der Waals surface area contributed by atoms with Crippen LogP contribution in [0.5, 0.6) is 0 Å². The molecule has 4 nitrogen and oxygen atoms in total. The summed E-state index contributed by atoms with van der Waals surface area (Å²) in [5, 5.41) is 11.8. The molecule has 0 radical (unpaired) electrons. The van der Waals surface area contributed by atoms with Gasteiger partial charge >= 0.3 is 5.97 Å². The number of hydrogen-bond donors (Lipinski definition) is 2. The van der Waals surface area contributed by atoms with Gasteiger partial charge in [-0.15, -0.1) is 0 Å². The fourth-order valence-corrected chi connectivity index (χ4v) is 3.34. The topological polar surface area (TPSA) is 66.4 Å². The second-order valence-corrected chi connectivity index (χ2v) is 7.55. The molecule has 4 heteroatoms. The van der Waals surface area contributed by atoms with E-state index in [2.05, 4.69) is 39.1 Å². The van der Waals surface area contributed by atoms with Gasteiger partial charge in [-0.05, 0) is 65.8 Å². The largest absolute Gasteiger partial charge is 0.478 e. The number of nitrogens with one attached hydrogen (secondary N) is 1. The lowest BCUT2D eigenvalue weighted by Crippen LogP contribution is -2.20. The van der Waals surface area contributed by atoms with E-state index >= 15 is 0 Å². The average Bonchev–Trinajstić information content (AvgIpc) is 2.66. The molecule has 0 aliphatic carbocycles. The molecule has 0 aliphatic rings. The van der Waals surface area contributed by atoms with Gasteiger partial charge in [0, 0.05) is 11.3 Å². The van der Waals surface area contributed by atoms with Gasteiger partial charge in [-0.1, -0.05) is 46.6 Å². The number of carbonyl (C=O) groups excluding carboxylic acids is 1. The smallest absolute Gasteiger partial charge is 0.335 e. The van der Waals surface area contributed by atoms with E-state index in [0.717, 1.165) is 12.8 Å². The Balaban J connectivity index is 2.20. The molecule has 0 atom stereocenters. The Hall–Kier alpha value is -2.62. The van der Waals surface area contributed by atoms with E-state index in [9.17, 15) is 9.59 Å². The summed E-state index contributed by atoms with van der Waals surface area (Å²) in [6, 6.07) is 12.1. The Morgan fingerprint density at radius 1 is 1.00 bits per heavy atom. The van der Waals surface area contributed by atoms with Crippen LogP contribution < -0.4 is 5.32 Å². The van der Waals surface area contributed by atoms with Gasteiger partial charge in [0.25, 0.3) is 5.91 Å². The SMILES string of the molecule is CCCCC(C)(C)c1ccc(C(=O)Nc2ccc(C(=O)O)cc2)cc1CC. The number of carboxylic acids is 1. The van der Waals surface area contributed by atoms with Gasteiger partial charge in [-0.2, -0.15) is 0 Å². The summed E-state index contributed by atoms with van der Waals surface area (Å²) in [4.78, 5) is 23.5. The number of anilines is 1. The number of amides is 1. The predicted molar refractivity (Wildman–Crippen MR) is 110 cm³/mol. The van der Waals surface area contributed by atoms with Crippen LogP contribution in [-0.2, 0) is 11.8 Å². The molecule has 144 valence electrons. The van der Waals surface area contributed by atoms with Crippen molar-refractivity contribution in [1.29, 1.82) is 0 Å². The van der Waals surface area contributed by atoms with Crippen molar-refractivity contribution >= 4 is 17.6 Å². The Kier molecular flexibility index (Phi) is 6.78. The fourth-order valence-electron chi connectivity index (χ4n) is 3.34. The number of aryl methyl sites for hydroxylation is 1. The van der Waals surface area contributed by atoms with Crippen LogP contribution in [-0.4, -0.2) is 17.0 Å². The van der Waals surface area contributed by atoms with Crippen molar-refractivity contribution < 1.29 is 14.7 Å². The molecular formula is C23H29NO3. The fraction of sp³-hybridized carbons (Fsp3) is 0.391. The molecule has 0 bridgehead atoms. The quantitative estimate of drug-likeness (QED) is 0.632. The molecule has 1 amide bonds. The zero-order chi connectivity index (χ0) is 20.0. The highest BCUT2D eigenvalue weighted by atomic mass is 16.4.